The first-order chi connectivity index (χ1) is 17.1. The van der Waals surface area contributed by atoms with Crippen molar-refractivity contribution >= 4 is 17.5 Å². The number of allylic oxidation sites excluding steroid dienone is 1. The summed E-state index contributed by atoms with van der Waals surface area (Å²) in [7, 11) is 6.25. The summed E-state index contributed by atoms with van der Waals surface area (Å²) in [5.74, 6) is 3.39. The quantitative estimate of drug-likeness (QED) is 0.475. The first-order valence-corrected chi connectivity index (χ1v) is 11.0. The van der Waals surface area contributed by atoms with Crippen LogP contribution in [0.5, 0.6) is 34.5 Å². The normalized spacial score (nSPS) is 15.1. The molecule has 0 aromatic heterocycles. The van der Waals surface area contributed by atoms with E-state index in [1.54, 1.807) is 38.5 Å². The minimum atomic E-state index is -0.207. The van der Waals surface area contributed by atoms with E-state index < -0.39 is 0 Å². The fourth-order valence-electron chi connectivity index (χ4n) is 4.30. The third-order valence-electron chi connectivity index (χ3n) is 6.08. The number of carbonyl (C=O) groups excluding carboxylic acids is 1. The Morgan fingerprint density at radius 3 is 2.31 bits per heavy atom. The second kappa shape index (κ2) is 9.13. The molecular formula is C27H25NO7. The number of ether oxygens (including phenoxy) is 6. The summed E-state index contributed by atoms with van der Waals surface area (Å²) >= 11 is 0. The Bertz CT molecular complexity index is 1310. The monoisotopic (exact) mass is 475 g/mol. The average molecular weight is 475 g/mol. The lowest BCUT2D eigenvalue weighted by Crippen LogP contribution is -2.32. The molecule has 0 spiro atoms. The molecule has 3 aromatic carbocycles. The molecule has 35 heavy (non-hydrogen) atoms. The Labute approximate surface area is 203 Å². The van der Waals surface area contributed by atoms with E-state index in [1.165, 1.54) is 14.2 Å². The van der Waals surface area contributed by atoms with Crippen LogP contribution in [0.4, 0.5) is 5.69 Å². The van der Waals surface area contributed by atoms with Crippen LogP contribution in [0.2, 0.25) is 0 Å². The van der Waals surface area contributed by atoms with Crippen molar-refractivity contribution in [3.8, 4) is 34.5 Å². The maximum Gasteiger partial charge on any atom is 0.231 e. The fraction of sp³-hybridized carbons (Fsp3) is 0.222. The van der Waals surface area contributed by atoms with Gasteiger partial charge in [-0.2, -0.15) is 0 Å². The van der Waals surface area contributed by atoms with Gasteiger partial charge in [-0.05, 0) is 54.6 Å². The Balaban J connectivity index is 1.48. The number of carbonyl (C=O) groups is 1. The van der Waals surface area contributed by atoms with Crippen molar-refractivity contribution in [1.82, 2.24) is 0 Å². The molecule has 0 saturated heterocycles. The molecule has 2 aliphatic rings. The zero-order chi connectivity index (χ0) is 24.5. The summed E-state index contributed by atoms with van der Waals surface area (Å²) in [5, 5.41) is 0. The van der Waals surface area contributed by atoms with E-state index in [1.807, 2.05) is 30.3 Å². The van der Waals surface area contributed by atoms with Crippen LogP contribution < -0.4 is 33.3 Å². The van der Waals surface area contributed by atoms with Gasteiger partial charge in [-0.1, -0.05) is 0 Å². The van der Waals surface area contributed by atoms with Gasteiger partial charge in [0.1, 0.15) is 17.2 Å². The number of fused-ring (bicyclic) bond motifs is 3. The van der Waals surface area contributed by atoms with Crippen molar-refractivity contribution in [2.45, 2.75) is 6.54 Å². The maximum atomic E-state index is 13.2. The van der Waals surface area contributed by atoms with E-state index in [4.69, 9.17) is 28.4 Å². The molecule has 0 N–H and O–H groups in total. The second-order valence-electron chi connectivity index (χ2n) is 7.95. The lowest BCUT2D eigenvalue weighted by Gasteiger charge is -2.31. The number of hydrogen-bond donors (Lipinski definition) is 0. The number of hydrogen-bond acceptors (Lipinski definition) is 8. The summed E-state index contributed by atoms with van der Waals surface area (Å²) in [6.45, 7) is 0.919. The largest absolute Gasteiger partial charge is 0.497 e. The number of ketones is 1. The van der Waals surface area contributed by atoms with Gasteiger partial charge < -0.3 is 33.3 Å². The molecule has 0 amide bonds. The molecule has 8 nitrogen and oxygen atoms in total. The SMILES string of the molecule is COc1ccc(N2COc3ccc4c(c3C2)O/C(=C\c2ccc(OC)c(OC)c2OC)C4=O)cc1. The molecule has 3 aromatic rings. The predicted molar refractivity (Wildman–Crippen MR) is 130 cm³/mol. The smallest absolute Gasteiger partial charge is 0.231 e. The molecule has 0 unspecified atom stereocenters. The van der Waals surface area contributed by atoms with Gasteiger partial charge in [-0.15, -0.1) is 0 Å². The summed E-state index contributed by atoms with van der Waals surface area (Å²) in [6.07, 6.45) is 1.65. The Kier molecular flexibility index (Phi) is 5.86. The Hall–Kier alpha value is -4.33. The fourth-order valence-corrected chi connectivity index (χ4v) is 4.30. The third kappa shape index (κ3) is 3.86. The van der Waals surface area contributed by atoms with Crippen molar-refractivity contribution in [1.29, 1.82) is 0 Å². The van der Waals surface area contributed by atoms with Crippen molar-refractivity contribution < 1.29 is 33.2 Å². The number of nitrogens with zero attached hydrogens (tertiary/aromatic N) is 1. The van der Waals surface area contributed by atoms with Crippen LogP contribution in [0.1, 0.15) is 21.5 Å². The van der Waals surface area contributed by atoms with Crippen LogP contribution in [0.15, 0.2) is 54.3 Å². The summed E-state index contributed by atoms with van der Waals surface area (Å²) in [6, 6.07) is 14.8. The van der Waals surface area contributed by atoms with Crippen molar-refractivity contribution in [3.63, 3.8) is 0 Å². The van der Waals surface area contributed by atoms with E-state index >= 15 is 0 Å². The van der Waals surface area contributed by atoms with Gasteiger partial charge in [0, 0.05) is 11.3 Å². The van der Waals surface area contributed by atoms with E-state index in [-0.39, 0.29) is 11.5 Å². The summed E-state index contributed by atoms with van der Waals surface area (Å²) in [4.78, 5) is 15.3. The minimum absolute atomic E-state index is 0.195. The molecule has 2 heterocycles. The predicted octanol–water partition coefficient (Wildman–Crippen LogP) is 4.69. The highest BCUT2D eigenvalue weighted by atomic mass is 16.5. The number of methoxy groups -OCH3 is 4. The molecule has 8 heteroatoms. The standard InChI is InChI=1S/C27H25NO7/c1-30-18-8-6-17(7-9-18)28-14-20-21(34-15-28)12-10-19-24(29)23(35-26(19)20)13-16-5-11-22(31-2)27(33-4)25(16)32-3/h5-13H,14-15H2,1-4H3/b23-13-. The average Bonchev–Trinajstić information content (AvgIpc) is 3.23. The highest BCUT2D eigenvalue weighted by Gasteiger charge is 2.34. The van der Waals surface area contributed by atoms with Gasteiger partial charge in [0.2, 0.25) is 11.5 Å². The summed E-state index contributed by atoms with van der Waals surface area (Å²) in [5.41, 5.74) is 2.92. The number of benzene rings is 3. The van der Waals surface area contributed by atoms with Gasteiger partial charge in [-0.25, -0.2) is 0 Å². The molecule has 0 bridgehead atoms. The van der Waals surface area contributed by atoms with Gasteiger partial charge in [0.05, 0.1) is 46.1 Å². The highest BCUT2D eigenvalue weighted by molar-refractivity contribution is 6.15. The van der Waals surface area contributed by atoms with Crippen molar-refractivity contribution in [2.24, 2.45) is 0 Å². The first kappa shape index (κ1) is 22.5. The molecule has 0 fully saturated rings. The van der Waals surface area contributed by atoms with Gasteiger partial charge in [-0.3, -0.25) is 4.79 Å². The van der Waals surface area contributed by atoms with Crippen LogP contribution in [-0.2, 0) is 6.54 Å². The van der Waals surface area contributed by atoms with Crippen LogP contribution in [0.25, 0.3) is 6.08 Å². The number of Topliss-reactive ketones (excluding diaryl/α,β-unsaturated/α-hetero) is 1. The van der Waals surface area contributed by atoms with Gasteiger partial charge in [0.15, 0.2) is 24.0 Å². The molecule has 5 rings (SSSR count). The molecule has 0 saturated carbocycles. The number of anilines is 1. The minimum Gasteiger partial charge on any atom is -0.497 e. The van der Waals surface area contributed by atoms with Crippen LogP contribution in [0, 0.1) is 0 Å². The lowest BCUT2D eigenvalue weighted by molar-refractivity contribution is 0.101. The summed E-state index contributed by atoms with van der Waals surface area (Å²) < 4.78 is 33.7. The zero-order valence-corrected chi connectivity index (χ0v) is 19.9. The molecule has 0 aliphatic carbocycles. The van der Waals surface area contributed by atoms with E-state index in [9.17, 15) is 4.79 Å². The Morgan fingerprint density at radius 2 is 1.63 bits per heavy atom. The zero-order valence-electron chi connectivity index (χ0n) is 19.9. The van der Waals surface area contributed by atoms with Crippen LogP contribution >= 0.6 is 0 Å². The molecule has 0 atom stereocenters. The number of rotatable bonds is 6. The van der Waals surface area contributed by atoms with Crippen LogP contribution in [-0.4, -0.2) is 41.0 Å². The first-order valence-electron chi connectivity index (χ1n) is 11.0. The van der Waals surface area contributed by atoms with Gasteiger partial charge in [0.25, 0.3) is 0 Å². The Morgan fingerprint density at radius 1 is 0.857 bits per heavy atom. The van der Waals surface area contributed by atoms with Crippen molar-refractivity contribution in [3.05, 3.63) is 71.0 Å². The lowest BCUT2D eigenvalue weighted by atomic mass is 10.0. The molecule has 0 radical (unpaired) electrons. The topological polar surface area (TPSA) is 75.7 Å². The van der Waals surface area contributed by atoms with E-state index in [2.05, 4.69) is 4.90 Å². The molecule has 180 valence electrons. The van der Waals surface area contributed by atoms with E-state index in [0.29, 0.717) is 53.2 Å². The third-order valence-corrected chi connectivity index (χ3v) is 6.08. The van der Waals surface area contributed by atoms with Crippen molar-refractivity contribution in [2.75, 3.05) is 40.1 Å². The second-order valence-corrected chi connectivity index (χ2v) is 7.95. The van der Waals surface area contributed by atoms with E-state index in [0.717, 1.165) is 17.0 Å². The highest BCUT2D eigenvalue weighted by Crippen LogP contribution is 2.45. The molecule has 2 aliphatic heterocycles. The maximum absolute atomic E-state index is 13.2. The molecular weight excluding hydrogens is 450 g/mol. The van der Waals surface area contributed by atoms with Gasteiger partial charge >= 0.3 is 0 Å². The van der Waals surface area contributed by atoms with Crippen LogP contribution in [0.3, 0.4) is 0 Å².